The summed E-state index contributed by atoms with van der Waals surface area (Å²) >= 11 is 3.42. The number of anilines is 2. The molecule has 0 radical (unpaired) electrons. The van der Waals surface area contributed by atoms with E-state index in [2.05, 4.69) is 46.5 Å². The predicted octanol–water partition coefficient (Wildman–Crippen LogP) is 3.71. The molecule has 4 aromatic heterocycles. The molecule has 9 heteroatoms. The third-order valence-corrected chi connectivity index (χ3v) is 5.71. The second-order valence-electron chi connectivity index (χ2n) is 7.41. The molecule has 0 aliphatic heterocycles. The first kappa shape index (κ1) is 18.8. The van der Waals surface area contributed by atoms with E-state index in [1.807, 2.05) is 24.3 Å². The molecule has 1 aliphatic carbocycles. The van der Waals surface area contributed by atoms with Crippen LogP contribution < -0.4 is 16.2 Å². The average Bonchev–Trinajstić information content (AvgIpc) is 3.35. The fraction of sp³-hybridized carbons (Fsp3) is 0.238. The first-order valence-corrected chi connectivity index (χ1v) is 10.6. The molecule has 5 rings (SSSR count). The first-order chi connectivity index (χ1) is 14.6. The van der Waals surface area contributed by atoms with Gasteiger partial charge in [0, 0.05) is 35.0 Å². The Morgan fingerprint density at radius 2 is 1.93 bits per heavy atom. The fourth-order valence-electron chi connectivity index (χ4n) is 3.84. The second-order valence-corrected chi connectivity index (χ2v) is 8.33. The largest absolute Gasteiger partial charge is 0.367 e. The van der Waals surface area contributed by atoms with Crippen LogP contribution >= 0.6 is 15.9 Å². The lowest BCUT2D eigenvalue weighted by molar-refractivity contribution is 0.718. The van der Waals surface area contributed by atoms with Gasteiger partial charge in [-0.1, -0.05) is 6.07 Å². The summed E-state index contributed by atoms with van der Waals surface area (Å²) < 4.78 is 2.49. The lowest BCUT2D eigenvalue weighted by Gasteiger charge is -2.15. The fourth-order valence-corrected chi connectivity index (χ4v) is 4.16. The number of imidazole rings is 1. The summed E-state index contributed by atoms with van der Waals surface area (Å²) in [7, 11) is 0. The molecule has 0 spiro atoms. The zero-order chi connectivity index (χ0) is 20.5. The van der Waals surface area contributed by atoms with E-state index in [1.165, 1.54) is 6.07 Å². The first-order valence-electron chi connectivity index (χ1n) is 9.82. The van der Waals surface area contributed by atoms with Crippen LogP contribution in [0.4, 0.5) is 11.8 Å². The van der Waals surface area contributed by atoms with E-state index in [0.29, 0.717) is 12.1 Å². The third kappa shape index (κ3) is 3.93. The molecule has 0 bridgehead atoms. The van der Waals surface area contributed by atoms with Crippen molar-refractivity contribution in [2.45, 2.75) is 31.3 Å². The van der Waals surface area contributed by atoms with Gasteiger partial charge in [-0.3, -0.25) is 9.36 Å². The number of hydrogen-bond donors (Lipinski definition) is 3. The Hall–Kier alpha value is -3.20. The Morgan fingerprint density at radius 3 is 2.73 bits per heavy atom. The second kappa shape index (κ2) is 7.91. The highest BCUT2D eigenvalue weighted by molar-refractivity contribution is 9.10. The van der Waals surface area contributed by atoms with Crippen molar-refractivity contribution in [1.29, 1.82) is 0 Å². The van der Waals surface area contributed by atoms with Gasteiger partial charge in [0.2, 0.25) is 5.95 Å². The van der Waals surface area contributed by atoms with E-state index in [4.69, 9.17) is 0 Å². The molecule has 3 N–H and O–H groups in total. The molecule has 152 valence electrons. The summed E-state index contributed by atoms with van der Waals surface area (Å²) in [6, 6.07) is 11.5. The summed E-state index contributed by atoms with van der Waals surface area (Å²) in [6.07, 6.45) is 8.27. The van der Waals surface area contributed by atoms with E-state index >= 15 is 0 Å². The van der Waals surface area contributed by atoms with Crippen LogP contribution in [0.1, 0.15) is 19.3 Å². The molecule has 4 heterocycles. The molecule has 30 heavy (non-hydrogen) atoms. The van der Waals surface area contributed by atoms with Gasteiger partial charge in [-0.25, -0.2) is 15.0 Å². The molecule has 4 aromatic rings. The van der Waals surface area contributed by atoms with Gasteiger partial charge in [0.05, 0.1) is 11.9 Å². The van der Waals surface area contributed by atoms with Crippen molar-refractivity contribution in [3.63, 3.8) is 0 Å². The van der Waals surface area contributed by atoms with Gasteiger partial charge in [-0.2, -0.15) is 0 Å². The number of rotatable bonds is 5. The molecule has 0 amide bonds. The summed E-state index contributed by atoms with van der Waals surface area (Å²) in [6.45, 7) is 0. The normalized spacial score (nSPS) is 18.6. The maximum atomic E-state index is 11.9. The molecule has 1 aliphatic rings. The minimum absolute atomic E-state index is 0.0714. The highest BCUT2D eigenvalue weighted by Gasteiger charge is 2.25. The zero-order valence-corrected chi connectivity index (χ0v) is 17.6. The highest BCUT2D eigenvalue weighted by atomic mass is 79.9. The maximum absolute atomic E-state index is 11.9. The van der Waals surface area contributed by atoms with Gasteiger partial charge in [0.15, 0.2) is 5.65 Å². The van der Waals surface area contributed by atoms with Gasteiger partial charge in [-0.05, 0) is 59.5 Å². The standard InChI is InChI=1S/C21H20BrN7O/c22-13-9-17-20(24-11-13)28-21(27-17)26-15-5-4-14(10-15)25-18-7-6-16(12-23-18)29-8-2-1-3-19(29)30/h1-3,6-9,11-12,14-15H,4-5,10H2,(H,23,25)(H2,24,26,27,28)/t14-,15-/m0/s1. The maximum Gasteiger partial charge on any atom is 0.255 e. The summed E-state index contributed by atoms with van der Waals surface area (Å²) in [5.74, 6) is 1.56. The molecule has 1 saturated carbocycles. The number of aromatic amines is 1. The predicted molar refractivity (Wildman–Crippen MR) is 120 cm³/mol. The van der Waals surface area contributed by atoms with Crippen molar-refractivity contribution >= 4 is 38.9 Å². The van der Waals surface area contributed by atoms with Crippen LogP contribution in [0.25, 0.3) is 16.9 Å². The molecular weight excluding hydrogens is 446 g/mol. The number of hydrogen-bond acceptors (Lipinski definition) is 6. The van der Waals surface area contributed by atoms with Crippen molar-refractivity contribution in [3.8, 4) is 5.69 Å². The average molecular weight is 466 g/mol. The monoisotopic (exact) mass is 465 g/mol. The van der Waals surface area contributed by atoms with Crippen molar-refractivity contribution < 1.29 is 0 Å². The Kier molecular flexibility index (Phi) is 4.96. The van der Waals surface area contributed by atoms with Gasteiger partial charge in [0.1, 0.15) is 11.3 Å². The summed E-state index contributed by atoms with van der Waals surface area (Å²) in [5.41, 5.74) is 2.29. The molecule has 0 saturated heterocycles. The zero-order valence-electron chi connectivity index (χ0n) is 16.0. The minimum atomic E-state index is -0.0714. The number of fused-ring (bicyclic) bond motifs is 1. The van der Waals surface area contributed by atoms with Gasteiger partial charge < -0.3 is 15.6 Å². The van der Waals surface area contributed by atoms with Crippen molar-refractivity contribution in [1.82, 2.24) is 24.5 Å². The smallest absolute Gasteiger partial charge is 0.255 e. The number of nitrogens with zero attached hydrogens (tertiary/aromatic N) is 4. The van der Waals surface area contributed by atoms with Crippen LogP contribution in [0.2, 0.25) is 0 Å². The van der Waals surface area contributed by atoms with Gasteiger partial charge >= 0.3 is 0 Å². The molecule has 2 atom stereocenters. The number of halogens is 1. The number of pyridine rings is 3. The van der Waals surface area contributed by atoms with E-state index in [1.54, 1.807) is 29.2 Å². The van der Waals surface area contributed by atoms with Crippen LogP contribution in [-0.2, 0) is 0 Å². The Bertz CT molecular complexity index is 1230. The molecule has 0 aromatic carbocycles. The van der Waals surface area contributed by atoms with E-state index in [-0.39, 0.29) is 5.56 Å². The van der Waals surface area contributed by atoms with Crippen LogP contribution in [-0.4, -0.2) is 36.6 Å². The van der Waals surface area contributed by atoms with Crippen LogP contribution in [0.3, 0.4) is 0 Å². The van der Waals surface area contributed by atoms with E-state index < -0.39 is 0 Å². The van der Waals surface area contributed by atoms with Gasteiger partial charge in [-0.15, -0.1) is 0 Å². The van der Waals surface area contributed by atoms with Gasteiger partial charge in [0.25, 0.3) is 5.56 Å². The molecule has 0 unspecified atom stereocenters. The Labute approximate surface area is 180 Å². The number of aromatic nitrogens is 5. The Balaban J connectivity index is 1.21. The van der Waals surface area contributed by atoms with Crippen LogP contribution in [0, 0.1) is 0 Å². The Morgan fingerprint density at radius 1 is 1.07 bits per heavy atom. The molecule has 8 nitrogen and oxygen atoms in total. The SMILES string of the molecule is O=c1ccccn1-c1ccc(N[C@H]2CC[C@H](Nc3nc4cc(Br)cnc4[nH]3)C2)nc1. The van der Waals surface area contributed by atoms with Crippen molar-refractivity contribution in [2.75, 3.05) is 10.6 Å². The minimum Gasteiger partial charge on any atom is -0.367 e. The van der Waals surface area contributed by atoms with E-state index in [0.717, 1.165) is 52.4 Å². The summed E-state index contributed by atoms with van der Waals surface area (Å²) in [5, 5.41) is 6.98. The lowest BCUT2D eigenvalue weighted by atomic mass is 10.2. The number of H-pyrrole nitrogens is 1. The summed E-state index contributed by atoms with van der Waals surface area (Å²) in [4.78, 5) is 28.6. The van der Waals surface area contributed by atoms with Crippen LogP contribution in [0.15, 0.2) is 64.3 Å². The van der Waals surface area contributed by atoms with Crippen molar-refractivity contribution in [3.05, 3.63) is 69.8 Å². The number of nitrogens with one attached hydrogen (secondary N) is 3. The van der Waals surface area contributed by atoms with Crippen molar-refractivity contribution in [2.24, 2.45) is 0 Å². The van der Waals surface area contributed by atoms with Crippen LogP contribution in [0.5, 0.6) is 0 Å². The topological polar surface area (TPSA) is 101 Å². The van der Waals surface area contributed by atoms with E-state index in [9.17, 15) is 4.79 Å². The highest BCUT2D eigenvalue weighted by Crippen LogP contribution is 2.26. The molecular formula is C21H20BrN7O. The molecule has 1 fully saturated rings. The quantitative estimate of drug-likeness (QED) is 0.415. The lowest BCUT2D eigenvalue weighted by Crippen LogP contribution is -2.21. The third-order valence-electron chi connectivity index (χ3n) is 5.28.